The van der Waals surface area contributed by atoms with Crippen molar-refractivity contribution < 1.29 is 4.42 Å². The molecule has 0 spiro atoms. The molecule has 0 unspecified atom stereocenters. The van der Waals surface area contributed by atoms with Crippen molar-refractivity contribution in [1.29, 1.82) is 5.41 Å². The number of nitrogen functional groups attached to an aromatic ring is 1. The van der Waals surface area contributed by atoms with Gasteiger partial charge in [-0.25, -0.2) is 0 Å². The molecule has 0 aliphatic heterocycles. The van der Waals surface area contributed by atoms with E-state index in [0.29, 0.717) is 5.76 Å². The van der Waals surface area contributed by atoms with Gasteiger partial charge in [0.2, 0.25) is 0 Å². The Morgan fingerprint density at radius 1 is 1.18 bits per heavy atom. The van der Waals surface area contributed by atoms with Gasteiger partial charge in [0.25, 0.3) is 0 Å². The highest BCUT2D eigenvalue weighted by atomic mass is 35.5. The van der Waals surface area contributed by atoms with Gasteiger partial charge in [0.05, 0.1) is 0 Å². The summed E-state index contributed by atoms with van der Waals surface area (Å²) < 4.78 is 5.45. The lowest BCUT2D eigenvalue weighted by molar-refractivity contribution is 0.571. The summed E-state index contributed by atoms with van der Waals surface area (Å²) in [5, 5.41) is 7.26. The number of hydrogen-bond donors (Lipinski definition) is 2. The van der Waals surface area contributed by atoms with Gasteiger partial charge in [-0.2, -0.15) is 0 Å². The zero-order chi connectivity index (χ0) is 11.5. The van der Waals surface area contributed by atoms with E-state index < -0.39 is 0 Å². The van der Waals surface area contributed by atoms with Crippen molar-refractivity contribution in [3.05, 3.63) is 42.2 Å². The van der Waals surface area contributed by atoms with E-state index in [1.165, 1.54) is 4.90 Å². The molecule has 0 fully saturated rings. The Labute approximate surface area is 110 Å². The normalized spacial score (nSPS) is 9.71. The molecule has 3 N–H and O–H groups in total. The number of hydrogen-bond acceptors (Lipinski definition) is 3. The average molecular weight is 269 g/mol. The van der Waals surface area contributed by atoms with Gasteiger partial charge in [-0.05, 0) is 30.5 Å². The first-order chi connectivity index (χ1) is 7.70. The van der Waals surface area contributed by atoms with E-state index in [9.17, 15) is 0 Å². The van der Waals surface area contributed by atoms with Crippen LogP contribution in [-0.4, -0.2) is 12.1 Å². The molecular formula is C12H13ClN2OS. The Morgan fingerprint density at radius 2 is 1.82 bits per heavy atom. The zero-order valence-corrected chi connectivity index (χ0v) is 10.9. The Bertz CT molecular complexity index is 507. The first-order valence-corrected chi connectivity index (χ1v) is 6.02. The third-order valence-corrected chi connectivity index (χ3v) is 2.99. The van der Waals surface area contributed by atoms with Crippen LogP contribution in [0.4, 0.5) is 0 Å². The molecule has 0 saturated carbocycles. The fraction of sp³-hybridized carbons (Fsp3) is 0.0833. The number of halogens is 1. The van der Waals surface area contributed by atoms with Crippen LogP contribution in [0.3, 0.4) is 0 Å². The van der Waals surface area contributed by atoms with Gasteiger partial charge in [0.1, 0.15) is 5.76 Å². The van der Waals surface area contributed by atoms with Crippen LogP contribution < -0.4 is 5.73 Å². The SMILES string of the molecule is CSc1ccc(-c2ccc(C(=N)N)o2)cc1.Cl. The maximum atomic E-state index is 7.26. The molecule has 0 saturated heterocycles. The van der Waals surface area contributed by atoms with Crippen LogP contribution in [0.25, 0.3) is 11.3 Å². The van der Waals surface area contributed by atoms with Gasteiger partial charge in [-0.3, -0.25) is 5.41 Å². The third kappa shape index (κ3) is 3.05. The zero-order valence-electron chi connectivity index (χ0n) is 9.27. The number of rotatable bonds is 3. The third-order valence-electron chi connectivity index (χ3n) is 2.25. The fourth-order valence-corrected chi connectivity index (χ4v) is 1.80. The van der Waals surface area contributed by atoms with E-state index in [2.05, 4.69) is 0 Å². The fourth-order valence-electron chi connectivity index (χ4n) is 1.39. The number of benzene rings is 1. The number of furan rings is 1. The van der Waals surface area contributed by atoms with Gasteiger partial charge < -0.3 is 10.2 Å². The molecule has 2 rings (SSSR count). The minimum Gasteiger partial charge on any atom is -0.453 e. The summed E-state index contributed by atoms with van der Waals surface area (Å²) in [6.07, 6.45) is 2.04. The topological polar surface area (TPSA) is 63.0 Å². The van der Waals surface area contributed by atoms with E-state index in [0.717, 1.165) is 11.3 Å². The minimum atomic E-state index is -0.0491. The lowest BCUT2D eigenvalue weighted by Crippen LogP contribution is -2.09. The molecule has 1 aromatic heterocycles. The van der Waals surface area contributed by atoms with Gasteiger partial charge in [-0.15, -0.1) is 24.2 Å². The molecule has 0 bridgehead atoms. The highest BCUT2D eigenvalue weighted by Crippen LogP contribution is 2.24. The second kappa shape index (κ2) is 5.80. The quantitative estimate of drug-likeness (QED) is 0.510. The van der Waals surface area contributed by atoms with Crippen molar-refractivity contribution in [3.63, 3.8) is 0 Å². The highest BCUT2D eigenvalue weighted by Gasteiger charge is 2.06. The molecule has 0 aliphatic rings. The van der Waals surface area contributed by atoms with Crippen LogP contribution in [0.2, 0.25) is 0 Å². The molecule has 1 heterocycles. The summed E-state index contributed by atoms with van der Waals surface area (Å²) in [4.78, 5) is 1.21. The number of nitrogens with one attached hydrogen (secondary N) is 1. The molecule has 1 aromatic carbocycles. The molecule has 90 valence electrons. The number of nitrogens with two attached hydrogens (primary N) is 1. The molecule has 5 heteroatoms. The van der Waals surface area contributed by atoms with Crippen LogP contribution >= 0.6 is 24.2 Å². The first kappa shape index (κ1) is 13.7. The molecule has 0 radical (unpaired) electrons. The molecule has 3 nitrogen and oxygen atoms in total. The second-order valence-corrected chi connectivity index (χ2v) is 4.19. The standard InChI is InChI=1S/C12H12N2OS.ClH/c1-16-9-4-2-8(3-5-9)10-6-7-11(15-10)12(13)14;/h2-7H,1H3,(H3,13,14);1H. The van der Waals surface area contributed by atoms with Gasteiger partial charge in [0, 0.05) is 10.5 Å². The predicted octanol–water partition coefficient (Wildman–Crippen LogP) is 3.37. The summed E-state index contributed by atoms with van der Waals surface area (Å²) in [6, 6.07) is 11.6. The summed E-state index contributed by atoms with van der Waals surface area (Å²) in [7, 11) is 0. The van der Waals surface area contributed by atoms with Crippen molar-refractivity contribution >= 4 is 30.0 Å². The van der Waals surface area contributed by atoms with E-state index >= 15 is 0 Å². The van der Waals surface area contributed by atoms with E-state index in [4.69, 9.17) is 15.6 Å². The molecule has 17 heavy (non-hydrogen) atoms. The van der Waals surface area contributed by atoms with Crippen molar-refractivity contribution in [2.45, 2.75) is 4.90 Å². The summed E-state index contributed by atoms with van der Waals surface area (Å²) in [5.74, 6) is 1.09. The molecule has 2 aromatic rings. The Balaban J connectivity index is 0.00000144. The van der Waals surface area contributed by atoms with Crippen LogP contribution in [0, 0.1) is 5.41 Å². The second-order valence-electron chi connectivity index (χ2n) is 3.31. The molecular weight excluding hydrogens is 256 g/mol. The Kier molecular flexibility index (Phi) is 4.66. The van der Waals surface area contributed by atoms with Crippen LogP contribution in [0.1, 0.15) is 5.76 Å². The monoisotopic (exact) mass is 268 g/mol. The van der Waals surface area contributed by atoms with Crippen LogP contribution in [-0.2, 0) is 0 Å². The molecule has 0 aliphatic carbocycles. The lowest BCUT2D eigenvalue weighted by atomic mass is 10.2. The largest absolute Gasteiger partial charge is 0.453 e. The van der Waals surface area contributed by atoms with Gasteiger partial charge >= 0.3 is 0 Å². The Morgan fingerprint density at radius 3 is 2.29 bits per heavy atom. The van der Waals surface area contributed by atoms with Gasteiger partial charge in [-0.1, -0.05) is 12.1 Å². The van der Waals surface area contributed by atoms with Crippen LogP contribution in [0.15, 0.2) is 45.7 Å². The smallest absolute Gasteiger partial charge is 0.168 e. The van der Waals surface area contributed by atoms with Crippen molar-refractivity contribution in [3.8, 4) is 11.3 Å². The first-order valence-electron chi connectivity index (χ1n) is 4.79. The molecule has 0 atom stereocenters. The van der Waals surface area contributed by atoms with E-state index in [1.54, 1.807) is 17.8 Å². The van der Waals surface area contributed by atoms with Crippen molar-refractivity contribution in [1.82, 2.24) is 0 Å². The van der Waals surface area contributed by atoms with E-state index in [-0.39, 0.29) is 18.2 Å². The maximum absolute atomic E-state index is 7.26. The summed E-state index contributed by atoms with van der Waals surface area (Å²) >= 11 is 1.70. The average Bonchev–Trinajstić information content (AvgIpc) is 2.78. The predicted molar refractivity (Wildman–Crippen MR) is 74.2 cm³/mol. The minimum absolute atomic E-state index is 0. The summed E-state index contributed by atoms with van der Waals surface area (Å²) in [5.41, 5.74) is 6.33. The van der Waals surface area contributed by atoms with E-state index in [1.807, 2.05) is 36.6 Å². The number of thioether (sulfide) groups is 1. The number of amidine groups is 1. The highest BCUT2D eigenvalue weighted by molar-refractivity contribution is 7.98. The molecule has 0 amide bonds. The lowest BCUT2D eigenvalue weighted by Gasteiger charge is -1.99. The summed E-state index contributed by atoms with van der Waals surface area (Å²) in [6.45, 7) is 0. The van der Waals surface area contributed by atoms with Gasteiger partial charge in [0.15, 0.2) is 11.6 Å². The van der Waals surface area contributed by atoms with Crippen LogP contribution in [0.5, 0.6) is 0 Å². The van der Waals surface area contributed by atoms with Crippen molar-refractivity contribution in [2.75, 3.05) is 6.26 Å². The Hall–Kier alpha value is -1.39. The van der Waals surface area contributed by atoms with Crippen molar-refractivity contribution in [2.24, 2.45) is 5.73 Å². The maximum Gasteiger partial charge on any atom is 0.168 e.